The van der Waals surface area contributed by atoms with E-state index in [0.717, 1.165) is 22.5 Å². The fraction of sp³-hybridized carbons (Fsp3) is 0.0588. The first kappa shape index (κ1) is 15.7. The van der Waals surface area contributed by atoms with Gasteiger partial charge in [-0.25, -0.2) is 19.3 Å². The lowest BCUT2D eigenvalue weighted by atomic mass is 10.1. The number of fused-ring (bicyclic) bond motifs is 1. The van der Waals surface area contributed by atoms with Crippen molar-refractivity contribution < 1.29 is 9.53 Å². The Labute approximate surface area is 151 Å². The van der Waals surface area contributed by atoms with Gasteiger partial charge in [-0.3, -0.25) is 0 Å². The van der Waals surface area contributed by atoms with E-state index >= 15 is 0 Å². The molecule has 3 aromatic heterocycles. The molecule has 4 rings (SSSR count). The van der Waals surface area contributed by atoms with E-state index in [-0.39, 0.29) is 5.15 Å². The van der Waals surface area contributed by atoms with Crippen LogP contribution in [0.3, 0.4) is 0 Å². The van der Waals surface area contributed by atoms with E-state index in [2.05, 4.69) is 15.1 Å². The molecule has 0 spiro atoms. The first-order valence-electron chi connectivity index (χ1n) is 7.31. The van der Waals surface area contributed by atoms with Crippen LogP contribution >= 0.6 is 22.9 Å². The van der Waals surface area contributed by atoms with Gasteiger partial charge >= 0.3 is 5.97 Å². The van der Waals surface area contributed by atoms with E-state index in [0.29, 0.717) is 9.88 Å². The maximum atomic E-state index is 11.7. The van der Waals surface area contributed by atoms with Gasteiger partial charge in [0.1, 0.15) is 5.01 Å². The summed E-state index contributed by atoms with van der Waals surface area (Å²) in [5.74, 6) is -0.484. The smallest absolute Gasteiger partial charge is 0.351 e. The Morgan fingerprint density at radius 2 is 2.00 bits per heavy atom. The van der Waals surface area contributed by atoms with Gasteiger partial charge in [0.15, 0.2) is 15.7 Å². The number of nitrogens with zero attached hydrogens (tertiary/aromatic N) is 4. The predicted molar refractivity (Wildman–Crippen MR) is 95.9 cm³/mol. The molecule has 4 aromatic rings. The minimum Gasteiger partial charge on any atom is -0.465 e. The predicted octanol–water partition coefficient (Wildman–Crippen LogP) is 3.96. The van der Waals surface area contributed by atoms with Crippen molar-refractivity contribution in [3.8, 4) is 21.8 Å². The first-order valence-corrected chi connectivity index (χ1v) is 8.51. The summed E-state index contributed by atoms with van der Waals surface area (Å²) in [6, 6.07) is 11.5. The van der Waals surface area contributed by atoms with Crippen LogP contribution in [0.5, 0.6) is 0 Å². The van der Waals surface area contributed by atoms with Crippen LogP contribution in [-0.2, 0) is 4.74 Å². The normalized spacial score (nSPS) is 11.0. The van der Waals surface area contributed by atoms with Crippen molar-refractivity contribution in [3.63, 3.8) is 0 Å². The zero-order chi connectivity index (χ0) is 17.4. The molecular formula is C17H11ClN4O2S. The van der Waals surface area contributed by atoms with Crippen molar-refractivity contribution in [1.29, 1.82) is 0 Å². The molecule has 0 amide bonds. The maximum absolute atomic E-state index is 11.7. The Hall–Kier alpha value is -2.77. The standard InChI is InChI=1S/C17H11ClN4O2S/c1-24-17(23)14-15(18)20-16(25-14)11-5-3-10(4-6-11)12-9-13-19-7-2-8-22(13)21-12/h2-9H,1H3. The van der Waals surface area contributed by atoms with Crippen LogP contribution in [0, 0.1) is 0 Å². The van der Waals surface area contributed by atoms with Crippen molar-refractivity contribution in [2.75, 3.05) is 7.11 Å². The van der Waals surface area contributed by atoms with Crippen LogP contribution < -0.4 is 0 Å². The summed E-state index contributed by atoms with van der Waals surface area (Å²) in [7, 11) is 1.32. The Kier molecular flexibility index (Phi) is 3.95. The molecule has 124 valence electrons. The topological polar surface area (TPSA) is 69.4 Å². The quantitative estimate of drug-likeness (QED) is 0.510. The number of aromatic nitrogens is 4. The number of rotatable bonds is 3. The fourth-order valence-electron chi connectivity index (χ4n) is 2.40. The molecule has 25 heavy (non-hydrogen) atoms. The van der Waals surface area contributed by atoms with Gasteiger partial charge in [-0.1, -0.05) is 35.9 Å². The van der Waals surface area contributed by atoms with Gasteiger partial charge in [0.05, 0.1) is 12.8 Å². The summed E-state index contributed by atoms with van der Waals surface area (Å²) < 4.78 is 6.43. The summed E-state index contributed by atoms with van der Waals surface area (Å²) >= 11 is 7.22. The van der Waals surface area contributed by atoms with E-state index in [1.54, 1.807) is 10.7 Å². The van der Waals surface area contributed by atoms with Crippen LogP contribution in [-0.4, -0.2) is 32.7 Å². The molecule has 0 aliphatic heterocycles. The van der Waals surface area contributed by atoms with Crippen molar-refractivity contribution in [2.24, 2.45) is 0 Å². The van der Waals surface area contributed by atoms with Crippen LogP contribution in [0.25, 0.3) is 27.5 Å². The van der Waals surface area contributed by atoms with E-state index in [9.17, 15) is 4.79 Å². The minimum absolute atomic E-state index is 0.155. The molecule has 6 nitrogen and oxygen atoms in total. The van der Waals surface area contributed by atoms with E-state index < -0.39 is 5.97 Å². The van der Waals surface area contributed by atoms with E-state index in [4.69, 9.17) is 16.3 Å². The molecule has 0 atom stereocenters. The van der Waals surface area contributed by atoms with Crippen LogP contribution in [0.4, 0.5) is 0 Å². The highest BCUT2D eigenvalue weighted by molar-refractivity contribution is 7.17. The summed E-state index contributed by atoms with van der Waals surface area (Å²) in [5, 5.41) is 5.31. The second kappa shape index (κ2) is 6.27. The SMILES string of the molecule is COC(=O)c1sc(-c2ccc(-c3cc4ncccn4n3)cc2)nc1Cl. The highest BCUT2D eigenvalue weighted by Gasteiger charge is 2.18. The largest absolute Gasteiger partial charge is 0.465 e. The average molecular weight is 371 g/mol. The van der Waals surface area contributed by atoms with Gasteiger partial charge in [0.2, 0.25) is 0 Å². The molecule has 0 unspecified atom stereocenters. The average Bonchev–Trinajstić information content (AvgIpc) is 3.25. The number of methoxy groups -OCH3 is 1. The van der Waals surface area contributed by atoms with Crippen LogP contribution in [0.1, 0.15) is 9.67 Å². The number of hydrogen-bond donors (Lipinski definition) is 0. The summed E-state index contributed by atoms with van der Waals surface area (Å²) in [6.07, 6.45) is 3.58. The summed E-state index contributed by atoms with van der Waals surface area (Å²) in [4.78, 5) is 20.5. The molecule has 8 heteroatoms. The van der Waals surface area contributed by atoms with Crippen LogP contribution in [0.15, 0.2) is 48.8 Å². The Bertz CT molecular complexity index is 1040. The van der Waals surface area contributed by atoms with Crippen molar-refractivity contribution in [3.05, 3.63) is 58.8 Å². The lowest BCUT2D eigenvalue weighted by molar-refractivity contribution is 0.0606. The third-order valence-corrected chi connectivity index (χ3v) is 5.09. The molecule has 0 saturated carbocycles. The Balaban J connectivity index is 1.67. The summed E-state index contributed by atoms with van der Waals surface area (Å²) in [5.41, 5.74) is 3.45. The van der Waals surface area contributed by atoms with Crippen molar-refractivity contribution in [1.82, 2.24) is 19.6 Å². The molecule has 0 radical (unpaired) electrons. The molecule has 0 bridgehead atoms. The third-order valence-electron chi connectivity index (χ3n) is 3.62. The summed E-state index contributed by atoms with van der Waals surface area (Å²) in [6.45, 7) is 0. The lowest BCUT2D eigenvalue weighted by Gasteiger charge is -1.99. The van der Waals surface area contributed by atoms with Gasteiger partial charge in [-0.05, 0) is 6.07 Å². The highest BCUT2D eigenvalue weighted by Crippen LogP contribution is 2.32. The number of carbonyl (C=O) groups is 1. The number of hydrogen-bond acceptors (Lipinski definition) is 6. The third kappa shape index (κ3) is 2.88. The van der Waals surface area contributed by atoms with Gasteiger partial charge < -0.3 is 4.74 Å². The molecule has 0 aliphatic rings. The number of carbonyl (C=O) groups excluding carboxylic acids is 1. The molecule has 0 saturated heterocycles. The van der Waals surface area contributed by atoms with Crippen molar-refractivity contribution in [2.45, 2.75) is 0 Å². The molecule has 0 aliphatic carbocycles. The first-order chi connectivity index (χ1) is 12.2. The lowest BCUT2D eigenvalue weighted by Crippen LogP contribution is -1.98. The molecule has 0 N–H and O–H groups in total. The second-order valence-electron chi connectivity index (χ2n) is 5.16. The number of halogens is 1. The molecule has 0 fully saturated rings. The monoisotopic (exact) mass is 370 g/mol. The highest BCUT2D eigenvalue weighted by atomic mass is 35.5. The molecule has 1 aromatic carbocycles. The van der Waals surface area contributed by atoms with E-state index in [1.807, 2.05) is 42.6 Å². The van der Waals surface area contributed by atoms with Gasteiger partial charge in [-0.2, -0.15) is 5.10 Å². The zero-order valence-electron chi connectivity index (χ0n) is 13.0. The second-order valence-corrected chi connectivity index (χ2v) is 6.52. The van der Waals surface area contributed by atoms with Crippen LogP contribution in [0.2, 0.25) is 5.15 Å². The zero-order valence-corrected chi connectivity index (χ0v) is 14.6. The number of benzene rings is 1. The van der Waals surface area contributed by atoms with Gasteiger partial charge in [0.25, 0.3) is 0 Å². The Morgan fingerprint density at radius 3 is 2.72 bits per heavy atom. The number of thiazole rings is 1. The minimum atomic E-state index is -0.484. The maximum Gasteiger partial charge on any atom is 0.351 e. The van der Waals surface area contributed by atoms with Crippen molar-refractivity contribution >= 4 is 34.6 Å². The fourth-order valence-corrected chi connectivity index (χ4v) is 3.61. The number of ether oxygens (including phenoxy) is 1. The number of esters is 1. The van der Waals surface area contributed by atoms with E-state index in [1.165, 1.54) is 18.4 Å². The molecular weight excluding hydrogens is 360 g/mol. The Morgan fingerprint density at radius 1 is 1.24 bits per heavy atom. The van der Waals surface area contributed by atoms with Gasteiger partial charge in [-0.15, -0.1) is 11.3 Å². The molecule has 3 heterocycles. The van der Waals surface area contributed by atoms with Gasteiger partial charge in [0, 0.05) is 29.6 Å².